The molecule has 3 atom stereocenters. The highest BCUT2D eigenvalue weighted by Gasteiger charge is 2.35. The molecular weight excluding hydrogens is 473 g/mol. The van der Waals surface area contributed by atoms with Crippen molar-refractivity contribution in [3.05, 3.63) is 63.9 Å². The van der Waals surface area contributed by atoms with Crippen LogP contribution in [-0.4, -0.2) is 48.3 Å². The van der Waals surface area contributed by atoms with E-state index >= 15 is 0 Å². The van der Waals surface area contributed by atoms with Crippen molar-refractivity contribution >= 4 is 35.1 Å². The minimum Gasteiger partial charge on any atom is -0.370 e. The first-order chi connectivity index (χ1) is 16.7. The van der Waals surface area contributed by atoms with Crippen LogP contribution in [0.15, 0.2) is 41.4 Å². The van der Waals surface area contributed by atoms with Crippen LogP contribution < -0.4 is 27.8 Å². The number of benzene rings is 2. The van der Waals surface area contributed by atoms with Crippen molar-refractivity contribution in [3.63, 3.8) is 0 Å². The second-order valence-corrected chi connectivity index (χ2v) is 9.49. The Hall–Kier alpha value is -3.21. The Bertz CT molecular complexity index is 1150. The van der Waals surface area contributed by atoms with Gasteiger partial charge in [-0.15, -0.1) is 0 Å². The fraction of sp³-hybridized carbons (Fsp3) is 0.375. The van der Waals surface area contributed by atoms with Gasteiger partial charge in [0.1, 0.15) is 5.82 Å². The third-order valence-corrected chi connectivity index (χ3v) is 6.70. The van der Waals surface area contributed by atoms with Crippen molar-refractivity contribution in [3.8, 4) is 0 Å². The zero-order valence-corrected chi connectivity index (χ0v) is 19.9. The topological polar surface area (TPSA) is 152 Å². The summed E-state index contributed by atoms with van der Waals surface area (Å²) in [6.07, 6.45) is 1.64. The van der Waals surface area contributed by atoms with E-state index in [9.17, 15) is 14.0 Å². The van der Waals surface area contributed by atoms with E-state index in [-0.39, 0.29) is 28.6 Å². The molecular formula is C24H29ClFN7O2. The highest BCUT2D eigenvalue weighted by atomic mass is 35.5. The Kier molecular flexibility index (Phi) is 7.54. The number of hydrogen-bond donors (Lipinski definition) is 5. The number of nitrogens with one attached hydrogen (secondary N) is 2. The van der Waals surface area contributed by atoms with Crippen LogP contribution in [0.1, 0.15) is 29.2 Å². The fourth-order valence-electron chi connectivity index (χ4n) is 4.71. The summed E-state index contributed by atoms with van der Waals surface area (Å²) in [4.78, 5) is 31.7. The van der Waals surface area contributed by atoms with Crippen LogP contribution in [0.25, 0.3) is 0 Å². The molecule has 0 radical (unpaired) electrons. The number of carbonyl (C=O) groups is 2. The van der Waals surface area contributed by atoms with E-state index in [0.717, 1.165) is 48.8 Å². The van der Waals surface area contributed by atoms with Crippen molar-refractivity contribution in [2.45, 2.75) is 31.5 Å². The van der Waals surface area contributed by atoms with E-state index in [1.807, 2.05) is 12.1 Å². The molecule has 1 fully saturated rings. The average molecular weight is 502 g/mol. The van der Waals surface area contributed by atoms with Gasteiger partial charge in [0.15, 0.2) is 5.96 Å². The maximum absolute atomic E-state index is 13.7. The van der Waals surface area contributed by atoms with E-state index in [2.05, 4.69) is 26.6 Å². The quantitative estimate of drug-likeness (QED) is 0.228. The lowest BCUT2D eigenvalue weighted by Gasteiger charge is -2.21. The lowest BCUT2D eigenvalue weighted by molar-refractivity contribution is -0.136. The van der Waals surface area contributed by atoms with Gasteiger partial charge in [-0.1, -0.05) is 29.8 Å². The lowest BCUT2D eigenvalue weighted by Crippen LogP contribution is -2.40. The molecule has 186 valence electrons. The monoisotopic (exact) mass is 501 g/mol. The van der Waals surface area contributed by atoms with Crippen molar-refractivity contribution in [2.75, 3.05) is 25.0 Å². The van der Waals surface area contributed by atoms with Gasteiger partial charge in [-0.25, -0.2) is 4.39 Å². The Balaban J connectivity index is 1.48. The minimum absolute atomic E-state index is 0.0420. The number of amides is 2. The summed E-state index contributed by atoms with van der Waals surface area (Å²) < 4.78 is 13.7. The van der Waals surface area contributed by atoms with Gasteiger partial charge in [-0.05, 0) is 47.7 Å². The van der Waals surface area contributed by atoms with Gasteiger partial charge in [0, 0.05) is 43.8 Å². The fourth-order valence-corrected chi connectivity index (χ4v) is 4.83. The van der Waals surface area contributed by atoms with Gasteiger partial charge < -0.3 is 27.8 Å². The molecule has 0 saturated carbocycles. The van der Waals surface area contributed by atoms with Gasteiger partial charge in [0.2, 0.25) is 0 Å². The Morgan fingerprint density at radius 2 is 1.97 bits per heavy atom. The predicted molar refractivity (Wildman–Crippen MR) is 133 cm³/mol. The number of anilines is 1. The van der Waals surface area contributed by atoms with Crippen LogP contribution in [0.2, 0.25) is 5.02 Å². The van der Waals surface area contributed by atoms with E-state index in [4.69, 9.17) is 28.8 Å². The van der Waals surface area contributed by atoms with E-state index < -0.39 is 23.7 Å². The lowest BCUT2D eigenvalue weighted by atomic mass is 10.0. The van der Waals surface area contributed by atoms with Gasteiger partial charge in [-0.3, -0.25) is 19.5 Å². The highest BCUT2D eigenvalue weighted by molar-refractivity contribution is 6.39. The summed E-state index contributed by atoms with van der Waals surface area (Å²) >= 11 is 5.67. The smallest absolute Gasteiger partial charge is 0.313 e. The molecule has 2 amide bonds. The molecule has 0 spiro atoms. The van der Waals surface area contributed by atoms with Gasteiger partial charge in [0.25, 0.3) is 0 Å². The molecule has 11 heteroatoms. The maximum Gasteiger partial charge on any atom is 0.313 e. The highest BCUT2D eigenvalue weighted by Crippen LogP contribution is 2.37. The molecule has 0 bridgehead atoms. The number of nitrogens with zero attached hydrogens (tertiary/aromatic N) is 2. The SMILES string of the molecule is NC(N)=NC[C@H]1Cc2cc(CN3CC[C@@H](N)C3)ccc2[C@@H]1NC(=O)C(=O)Nc1ccc(Cl)c(F)c1. The molecule has 1 saturated heterocycles. The molecule has 0 aromatic heterocycles. The zero-order valence-electron chi connectivity index (χ0n) is 19.1. The standard InChI is InChI=1S/C24H29ClFN7O2/c25-19-4-2-17(9-20(19)26)31-22(34)23(35)32-21-15(10-30-24(28)29)8-14-7-13(1-3-18(14)21)11-33-6-5-16(27)12-33/h1-4,7,9,15-16,21H,5-6,8,10-12,27H2,(H,31,34)(H,32,35)(H4,28,29,30)/t15-,16-,21-/m1/s1. The first kappa shape index (κ1) is 24.9. The number of nitrogens with two attached hydrogens (primary N) is 3. The zero-order chi connectivity index (χ0) is 25.1. The Labute approximate surface area is 207 Å². The third-order valence-electron chi connectivity index (χ3n) is 6.39. The van der Waals surface area contributed by atoms with E-state index in [1.54, 1.807) is 0 Å². The molecule has 0 unspecified atom stereocenters. The van der Waals surface area contributed by atoms with Crippen LogP contribution in [0.3, 0.4) is 0 Å². The molecule has 9 nitrogen and oxygen atoms in total. The second kappa shape index (κ2) is 10.6. The van der Waals surface area contributed by atoms with E-state index in [1.165, 1.54) is 12.1 Å². The van der Waals surface area contributed by atoms with Crippen molar-refractivity contribution < 1.29 is 14.0 Å². The summed E-state index contributed by atoms with van der Waals surface area (Å²) in [6.45, 7) is 2.94. The van der Waals surface area contributed by atoms with Crippen LogP contribution in [0.5, 0.6) is 0 Å². The minimum atomic E-state index is -0.914. The first-order valence-corrected chi connectivity index (χ1v) is 11.8. The molecule has 2 aliphatic rings. The molecule has 2 aromatic carbocycles. The number of rotatable bonds is 6. The van der Waals surface area contributed by atoms with Crippen LogP contribution in [0.4, 0.5) is 10.1 Å². The number of aliphatic imine (C=N–C) groups is 1. The molecule has 4 rings (SSSR count). The Morgan fingerprint density at radius 3 is 2.66 bits per heavy atom. The van der Waals surface area contributed by atoms with Crippen molar-refractivity contribution in [1.82, 2.24) is 10.2 Å². The predicted octanol–water partition coefficient (Wildman–Crippen LogP) is 1.25. The molecule has 2 aromatic rings. The van der Waals surface area contributed by atoms with Crippen molar-refractivity contribution in [1.29, 1.82) is 0 Å². The number of fused-ring (bicyclic) bond motifs is 1. The molecule has 1 heterocycles. The number of halogens is 2. The van der Waals surface area contributed by atoms with Gasteiger partial charge >= 0.3 is 11.8 Å². The maximum atomic E-state index is 13.7. The Morgan fingerprint density at radius 1 is 1.17 bits per heavy atom. The number of carbonyl (C=O) groups excluding carboxylic acids is 2. The van der Waals surface area contributed by atoms with E-state index in [0.29, 0.717) is 13.0 Å². The van der Waals surface area contributed by atoms with Crippen LogP contribution >= 0.6 is 11.6 Å². The number of guanidine groups is 1. The normalized spacial score (nSPS) is 21.4. The summed E-state index contributed by atoms with van der Waals surface area (Å²) in [5.74, 6) is -2.63. The molecule has 8 N–H and O–H groups in total. The third kappa shape index (κ3) is 6.08. The first-order valence-electron chi connectivity index (χ1n) is 11.4. The van der Waals surface area contributed by atoms with Crippen molar-refractivity contribution in [2.24, 2.45) is 28.1 Å². The number of hydrogen-bond acceptors (Lipinski definition) is 5. The average Bonchev–Trinajstić information content (AvgIpc) is 3.37. The molecule has 1 aliphatic heterocycles. The molecule has 35 heavy (non-hydrogen) atoms. The molecule has 1 aliphatic carbocycles. The van der Waals surface area contributed by atoms with Gasteiger partial charge in [-0.2, -0.15) is 0 Å². The second-order valence-electron chi connectivity index (χ2n) is 9.08. The van der Waals surface area contributed by atoms with Crippen LogP contribution in [-0.2, 0) is 22.6 Å². The summed E-state index contributed by atoms with van der Waals surface area (Å²) in [7, 11) is 0. The number of likely N-dealkylation sites (tertiary alicyclic amines) is 1. The summed E-state index contributed by atoms with van der Waals surface area (Å²) in [5, 5.41) is 5.12. The van der Waals surface area contributed by atoms with Crippen LogP contribution in [0, 0.1) is 11.7 Å². The summed E-state index contributed by atoms with van der Waals surface area (Å²) in [6, 6.07) is 9.66. The van der Waals surface area contributed by atoms with Gasteiger partial charge in [0.05, 0.1) is 11.1 Å². The summed E-state index contributed by atoms with van der Waals surface area (Å²) in [5.41, 5.74) is 20.4. The largest absolute Gasteiger partial charge is 0.370 e.